The van der Waals surface area contributed by atoms with Crippen molar-refractivity contribution in [2.75, 3.05) is 39.9 Å². The number of fused-ring (bicyclic) bond motifs is 2. The summed E-state index contributed by atoms with van der Waals surface area (Å²) in [6.07, 6.45) is 3.20. The summed E-state index contributed by atoms with van der Waals surface area (Å²) >= 11 is 0. The second-order valence-corrected chi connectivity index (χ2v) is 9.06. The number of para-hydroxylation sites is 1. The SMILES string of the molecule is CCCCCOc1ccc(C2c3c(oc4ccccc4c3=O)C(=O)N2CCN(CC)CC)cc1OC. The summed E-state index contributed by atoms with van der Waals surface area (Å²) in [7, 11) is 1.60. The number of amides is 1. The number of carbonyl (C=O) groups excluding carboxylic acids is 1. The van der Waals surface area contributed by atoms with Gasteiger partial charge in [-0.05, 0) is 49.3 Å². The van der Waals surface area contributed by atoms with E-state index in [9.17, 15) is 9.59 Å². The van der Waals surface area contributed by atoms with Gasteiger partial charge in [0.2, 0.25) is 5.76 Å². The number of nitrogens with zero attached hydrogens (tertiary/aromatic N) is 2. The molecular formula is C29H36N2O5. The first-order chi connectivity index (χ1) is 17.5. The average Bonchev–Trinajstić information content (AvgIpc) is 3.19. The number of benzene rings is 2. The molecule has 3 aromatic rings. The summed E-state index contributed by atoms with van der Waals surface area (Å²) in [6, 6.07) is 12.2. The van der Waals surface area contributed by atoms with E-state index in [-0.39, 0.29) is 17.1 Å². The zero-order chi connectivity index (χ0) is 25.7. The molecule has 0 fully saturated rings. The number of hydrogen-bond acceptors (Lipinski definition) is 6. The van der Waals surface area contributed by atoms with Crippen LogP contribution in [0.2, 0.25) is 0 Å². The van der Waals surface area contributed by atoms with Gasteiger partial charge >= 0.3 is 0 Å². The standard InChI is InChI=1S/C29H36N2O5/c1-5-8-11-18-35-23-15-14-20(19-24(23)34-4)26-25-27(32)21-12-9-10-13-22(21)36-28(25)29(33)31(26)17-16-30(6-2)7-3/h9-10,12-15,19,26H,5-8,11,16-18H2,1-4H3. The monoisotopic (exact) mass is 492 g/mol. The molecule has 7 heteroatoms. The van der Waals surface area contributed by atoms with Crippen molar-refractivity contribution < 1.29 is 18.7 Å². The molecule has 1 amide bonds. The Morgan fingerprint density at radius 1 is 1.00 bits per heavy atom. The van der Waals surface area contributed by atoms with Crippen LogP contribution < -0.4 is 14.9 Å². The van der Waals surface area contributed by atoms with Gasteiger partial charge in [-0.3, -0.25) is 9.59 Å². The molecule has 0 radical (unpaired) electrons. The third kappa shape index (κ3) is 4.98. The lowest BCUT2D eigenvalue weighted by Gasteiger charge is -2.28. The second-order valence-electron chi connectivity index (χ2n) is 9.06. The predicted octanol–water partition coefficient (Wildman–Crippen LogP) is 5.26. The van der Waals surface area contributed by atoms with Gasteiger partial charge in [0.15, 0.2) is 16.9 Å². The van der Waals surface area contributed by atoms with Crippen molar-refractivity contribution in [2.45, 2.75) is 46.1 Å². The Balaban J connectivity index is 1.77. The van der Waals surface area contributed by atoms with Gasteiger partial charge in [0.1, 0.15) is 5.58 Å². The number of carbonyl (C=O) groups is 1. The maximum atomic E-state index is 13.7. The fraction of sp³-hybridized carbons (Fsp3) is 0.448. The largest absolute Gasteiger partial charge is 0.493 e. The molecule has 0 saturated carbocycles. The Hall–Kier alpha value is -3.32. The van der Waals surface area contributed by atoms with Crippen LogP contribution in [0.15, 0.2) is 51.7 Å². The van der Waals surface area contributed by atoms with Crippen LogP contribution in [-0.2, 0) is 0 Å². The predicted molar refractivity (Wildman–Crippen MR) is 141 cm³/mol. The maximum Gasteiger partial charge on any atom is 0.290 e. The molecule has 0 N–H and O–H groups in total. The molecule has 1 aromatic heterocycles. The van der Waals surface area contributed by atoms with Crippen LogP contribution in [0.3, 0.4) is 0 Å². The lowest BCUT2D eigenvalue weighted by atomic mass is 9.98. The van der Waals surface area contributed by atoms with Crippen molar-refractivity contribution in [3.05, 3.63) is 69.6 Å². The fourth-order valence-corrected chi connectivity index (χ4v) is 4.84. The number of ether oxygens (including phenoxy) is 2. The molecule has 0 bridgehead atoms. The van der Waals surface area contributed by atoms with Crippen molar-refractivity contribution in [2.24, 2.45) is 0 Å². The van der Waals surface area contributed by atoms with Crippen LogP contribution in [0, 0.1) is 0 Å². The summed E-state index contributed by atoms with van der Waals surface area (Å²) in [5.74, 6) is 1.10. The molecule has 1 aliphatic heterocycles. The molecule has 2 aromatic carbocycles. The highest BCUT2D eigenvalue weighted by Crippen LogP contribution is 2.40. The molecule has 192 valence electrons. The van der Waals surface area contributed by atoms with Gasteiger partial charge in [-0.25, -0.2) is 0 Å². The first kappa shape index (κ1) is 25.8. The molecule has 2 heterocycles. The first-order valence-electron chi connectivity index (χ1n) is 12.9. The number of unbranched alkanes of at least 4 members (excludes halogenated alkanes) is 2. The second kappa shape index (κ2) is 11.6. The normalized spacial score (nSPS) is 15.1. The topological polar surface area (TPSA) is 72.2 Å². The molecule has 36 heavy (non-hydrogen) atoms. The van der Waals surface area contributed by atoms with Gasteiger partial charge in [-0.1, -0.05) is 51.8 Å². The molecule has 4 rings (SSSR count). The van der Waals surface area contributed by atoms with Crippen LogP contribution in [0.1, 0.15) is 67.8 Å². The van der Waals surface area contributed by atoms with Gasteiger partial charge < -0.3 is 23.7 Å². The van der Waals surface area contributed by atoms with E-state index in [1.807, 2.05) is 24.3 Å². The number of rotatable bonds is 12. The van der Waals surface area contributed by atoms with Crippen LogP contribution >= 0.6 is 0 Å². The third-order valence-corrected chi connectivity index (χ3v) is 6.93. The highest BCUT2D eigenvalue weighted by atomic mass is 16.5. The Kier molecular flexibility index (Phi) is 8.31. The molecule has 0 aliphatic carbocycles. The molecule has 1 unspecified atom stereocenters. The van der Waals surface area contributed by atoms with E-state index in [0.29, 0.717) is 47.7 Å². The van der Waals surface area contributed by atoms with Crippen molar-refractivity contribution in [3.8, 4) is 11.5 Å². The van der Waals surface area contributed by atoms with Gasteiger partial charge in [0.05, 0.1) is 30.7 Å². The van der Waals surface area contributed by atoms with Gasteiger partial charge in [0.25, 0.3) is 5.91 Å². The van der Waals surface area contributed by atoms with E-state index < -0.39 is 6.04 Å². The lowest BCUT2D eigenvalue weighted by molar-refractivity contribution is 0.0708. The fourth-order valence-electron chi connectivity index (χ4n) is 4.84. The highest BCUT2D eigenvalue weighted by Gasteiger charge is 2.42. The van der Waals surface area contributed by atoms with Crippen LogP contribution in [0.4, 0.5) is 0 Å². The zero-order valence-electron chi connectivity index (χ0n) is 21.7. The Bertz CT molecular complexity index is 1260. The molecule has 0 spiro atoms. The Labute approximate surface area is 212 Å². The first-order valence-corrected chi connectivity index (χ1v) is 12.9. The minimum absolute atomic E-state index is 0.127. The van der Waals surface area contributed by atoms with Crippen molar-refractivity contribution >= 4 is 16.9 Å². The third-order valence-electron chi connectivity index (χ3n) is 6.93. The molecule has 1 atom stereocenters. The minimum atomic E-state index is -0.563. The Morgan fingerprint density at radius 3 is 2.50 bits per heavy atom. The zero-order valence-corrected chi connectivity index (χ0v) is 21.7. The highest BCUT2D eigenvalue weighted by molar-refractivity contribution is 5.99. The lowest BCUT2D eigenvalue weighted by Crippen LogP contribution is -2.37. The van der Waals surface area contributed by atoms with Gasteiger partial charge in [-0.2, -0.15) is 0 Å². The average molecular weight is 493 g/mol. The van der Waals surface area contributed by atoms with Crippen molar-refractivity contribution in [3.63, 3.8) is 0 Å². The molecular weight excluding hydrogens is 456 g/mol. The quantitative estimate of drug-likeness (QED) is 0.321. The summed E-state index contributed by atoms with van der Waals surface area (Å²) in [5.41, 5.74) is 1.43. The molecule has 0 saturated heterocycles. The smallest absolute Gasteiger partial charge is 0.290 e. The van der Waals surface area contributed by atoms with Crippen molar-refractivity contribution in [1.29, 1.82) is 0 Å². The summed E-state index contributed by atoms with van der Waals surface area (Å²) in [6.45, 7) is 9.91. The summed E-state index contributed by atoms with van der Waals surface area (Å²) in [4.78, 5) is 31.3. The van der Waals surface area contributed by atoms with Gasteiger partial charge in [0, 0.05) is 13.1 Å². The van der Waals surface area contributed by atoms with E-state index in [0.717, 1.165) is 37.9 Å². The summed E-state index contributed by atoms with van der Waals surface area (Å²) < 4.78 is 17.6. The van der Waals surface area contributed by atoms with E-state index in [1.165, 1.54) is 0 Å². The van der Waals surface area contributed by atoms with Crippen LogP contribution in [-0.4, -0.2) is 55.6 Å². The van der Waals surface area contributed by atoms with Crippen LogP contribution in [0.5, 0.6) is 11.5 Å². The molecule has 7 nitrogen and oxygen atoms in total. The molecule has 1 aliphatic rings. The minimum Gasteiger partial charge on any atom is -0.493 e. The summed E-state index contributed by atoms with van der Waals surface area (Å²) in [5, 5.41) is 0.475. The number of likely N-dealkylation sites (N-methyl/N-ethyl adjacent to an activating group) is 1. The van der Waals surface area contributed by atoms with E-state index in [2.05, 4.69) is 25.7 Å². The number of methoxy groups -OCH3 is 1. The van der Waals surface area contributed by atoms with E-state index in [4.69, 9.17) is 13.9 Å². The number of hydrogen-bond donors (Lipinski definition) is 0. The maximum absolute atomic E-state index is 13.7. The van der Waals surface area contributed by atoms with Crippen molar-refractivity contribution in [1.82, 2.24) is 9.80 Å². The van der Waals surface area contributed by atoms with Gasteiger partial charge in [-0.15, -0.1) is 0 Å². The van der Waals surface area contributed by atoms with E-state index in [1.54, 1.807) is 30.2 Å². The van der Waals surface area contributed by atoms with Crippen LogP contribution in [0.25, 0.3) is 11.0 Å². The Morgan fingerprint density at radius 2 is 1.78 bits per heavy atom. The van der Waals surface area contributed by atoms with E-state index >= 15 is 0 Å².